The van der Waals surface area contributed by atoms with E-state index in [0.717, 1.165) is 22.6 Å². The molecular formula is C19H17NO4. The minimum Gasteiger partial charge on any atom is -0.497 e. The fourth-order valence-electron chi connectivity index (χ4n) is 2.25. The second-order valence-corrected chi connectivity index (χ2v) is 5.07. The zero-order valence-electron chi connectivity index (χ0n) is 13.5. The number of hydrogen-bond donors (Lipinski definition) is 0. The lowest BCUT2D eigenvalue weighted by Gasteiger charge is -2.03. The number of methoxy groups -OCH3 is 1. The molecule has 0 atom stereocenters. The molecule has 122 valence electrons. The van der Waals surface area contributed by atoms with Gasteiger partial charge in [-0.3, -0.25) is 0 Å². The number of esters is 1. The maximum Gasteiger partial charge on any atom is 0.363 e. The third-order valence-corrected chi connectivity index (χ3v) is 3.45. The van der Waals surface area contributed by atoms with E-state index in [1.165, 1.54) is 0 Å². The van der Waals surface area contributed by atoms with Gasteiger partial charge in [0.05, 0.1) is 13.7 Å². The second kappa shape index (κ2) is 7.00. The van der Waals surface area contributed by atoms with E-state index in [9.17, 15) is 4.79 Å². The van der Waals surface area contributed by atoms with Crippen LogP contribution in [-0.4, -0.2) is 25.6 Å². The summed E-state index contributed by atoms with van der Waals surface area (Å²) in [6, 6.07) is 14.6. The number of carbonyl (C=O) groups is 1. The number of rotatable bonds is 5. The van der Waals surface area contributed by atoms with E-state index in [1.807, 2.05) is 55.5 Å². The molecule has 2 aromatic rings. The molecule has 5 heteroatoms. The predicted molar refractivity (Wildman–Crippen MR) is 91.2 cm³/mol. The number of carbonyl (C=O) groups excluding carboxylic acids is 1. The van der Waals surface area contributed by atoms with Crippen LogP contribution in [0.1, 0.15) is 18.1 Å². The molecule has 1 aliphatic rings. The molecule has 0 aliphatic carbocycles. The number of nitrogens with zero attached hydrogens (tertiary/aromatic N) is 1. The van der Waals surface area contributed by atoms with Crippen molar-refractivity contribution in [2.75, 3.05) is 13.7 Å². The predicted octanol–water partition coefficient (Wildman–Crippen LogP) is 3.44. The first-order chi connectivity index (χ1) is 11.7. The van der Waals surface area contributed by atoms with Gasteiger partial charge in [-0.05, 0) is 55.0 Å². The Bertz CT molecular complexity index is 789. The van der Waals surface area contributed by atoms with Crippen molar-refractivity contribution in [1.29, 1.82) is 0 Å². The molecule has 24 heavy (non-hydrogen) atoms. The van der Waals surface area contributed by atoms with Crippen molar-refractivity contribution >= 4 is 17.9 Å². The number of ether oxygens (including phenoxy) is 3. The molecule has 0 N–H and O–H groups in total. The van der Waals surface area contributed by atoms with Gasteiger partial charge in [0.1, 0.15) is 11.5 Å². The van der Waals surface area contributed by atoms with E-state index in [-0.39, 0.29) is 5.70 Å². The van der Waals surface area contributed by atoms with E-state index >= 15 is 0 Å². The fourth-order valence-corrected chi connectivity index (χ4v) is 2.25. The molecule has 0 radical (unpaired) electrons. The van der Waals surface area contributed by atoms with Crippen molar-refractivity contribution in [3.8, 4) is 11.5 Å². The van der Waals surface area contributed by atoms with Gasteiger partial charge in [0.25, 0.3) is 0 Å². The Kier molecular flexibility index (Phi) is 4.61. The number of cyclic esters (lactones) is 1. The van der Waals surface area contributed by atoms with Crippen molar-refractivity contribution in [2.45, 2.75) is 6.92 Å². The Morgan fingerprint density at radius 3 is 2.33 bits per heavy atom. The highest BCUT2D eigenvalue weighted by atomic mass is 16.6. The van der Waals surface area contributed by atoms with Gasteiger partial charge in [-0.1, -0.05) is 12.1 Å². The van der Waals surface area contributed by atoms with Gasteiger partial charge in [-0.25, -0.2) is 9.79 Å². The summed E-state index contributed by atoms with van der Waals surface area (Å²) < 4.78 is 15.8. The highest BCUT2D eigenvalue weighted by molar-refractivity contribution is 6.12. The first-order valence-corrected chi connectivity index (χ1v) is 7.59. The summed E-state index contributed by atoms with van der Waals surface area (Å²) in [7, 11) is 1.61. The lowest BCUT2D eigenvalue weighted by atomic mass is 10.2. The molecule has 0 unspecified atom stereocenters. The van der Waals surface area contributed by atoms with Crippen LogP contribution < -0.4 is 9.47 Å². The van der Waals surface area contributed by atoms with Crippen LogP contribution in [-0.2, 0) is 9.53 Å². The molecule has 3 rings (SSSR count). The Morgan fingerprint density at radius 1 is 1.04 bits per heavy atom. The summed E-state index contributed by atoms with van der Waals surface area (Å²) in [5.41, 5.74) is 1.84. The van der Waals surface area contributed by atoms with Gasteiger partial charge in [-0.15, -0.1) is 0 Å². The van der Waals surface area contributed by atoms with E-state index in [1.54, 1.807) is 13.2 Å². The summed E-state index contributed by atoms with van der Waals surface area (Å²) in [6.45, 7) is 2.52. The van der Waals surface area contributed by atoms with Gasteiger partial charge in [0.2, 0.25) is 5.90 Å². The summed E-state index contributed by atoms with van der Waals surface area (Å²) in [5, 5.41) is 0. The van der Waals surface area contributed by atoms with Crippen LogP contribution in [0.3, 0.4) is 0 Å². The SMILES string of the molecule is CCOc1ccc(C2=N/C(=C\c3ccc(OC)cc3)C(=O)O2)cc1. The molecule has 0 aromatic heterocycles. The Hall–Kier alpha value is -3.08. The average molecular weight is 323 g/mol. The highest BCUT2D eigenvalue weighted by Crippen LogP contribution is 2.21. The molecule has 0 saturated carbocycles. The van der Waals surface area contributed by atoms with Gasteiger partial charge < -0.3 is 14.2 Å². The number of aliphatic imine (C=N–C) groups is 1. The maximum absolute atomic E-state index is 12.0. The van der Waals surface area contributed by atoms with Gasteiger partial charge in [0, 0.05) is 5.56 Å². The third kappa shape index (κ3) is 3.46. The minimum atomic E-state index is -0.463. The Balaban J connectivity index is 1.82. The molecule has 1 aliphatic heterocycles. The molecule has 5 nitrogen and oxygen atoms in total. The molecule has 0 saturated heterocycles. The van der Waals surface area contributed by atoms with E-state index < -0.39 is 5.97 Å². The summed E-state index contributed by atoms with van der Waals surface area (Å²) in [6.07, 6.45) is 1.68. The average Bonchev–Trinajstić information content (AvgIpc) is 2.97. The summed E-state index contributed by atoms with van der Waals surface area (Å²) in [4.78, 5) is 16.3. The lowest BCUT2D eigenvalue weighted by molar-refractivity contribution is -0.129. The Morgan fingerprint density at radius 2 is 1.71 bits per heavy atom. The second-order valence-electron chi connectivity index (χ2n) is 5.07. The van der Waals surface area contributed by atoms with Crippen LogP contribution >= 0.6 is 0 Å². The first-order valence-electron chi connectivity index (χ1n) is 7.59. The smallest absolute Gasteiger partial charge is 0.363 e. The zero-order chi connectivity index (χ0) is 16.9. The standard InChI is InChI=1S/C19H17NO4/c1-3-23-16-10-6-14(7-11-16)18-20-17(19(21)24-18)12-13-4-8-15(22-2)9-5-13/h4-12H,3H2,1-2H3/b17-12-. The quantitative estimate of drug-likeness (QED) is 0.625. The number of benzene rings is 2. The zero-order valence-corrected chi connectivity index (χ0v) is 13.5. The molecular weight excluding hydrogens is 306 g/mol. The van der Waals surface area contributed by atoms with E-state index in [0.29, 0.717) is 12.5 Å². The van der Waals surface area contributed by atoms with Crippen molar-refractivity contribution in [2.24, 2.45) is 4.99 Å². The van der Waals surface area contributed by atoms with Crippen LogP contribution in [0.2, 0.25) is 0 Å². The molecule has 0 spiro atoms. The molecule has 0 fully saturated rings. The molecule has 1 heterocycles. The van der Waals surface area contributed by atoms with Crippen LogP contribution in [0.15, 0.2) is 59.2 Å². The van der Waals surface area contributed by atoms with Crippen LogP contribution in [0.5, 0.6) is 11.5 Å². The van der Waals surface area contributed by atoms with E-state index in [4.69, 9.17) is 14.2 Å². The highest BCUT2D eigenvalue weighted by Gasteiger charge is 2.24. The Labute approximate surface area is 140 Å². The van der Waals surface area contributed by atoms with Crippen molar-refractivity contribution in [3.63, 3.8) is 0 Å². The van der Waals surface area contributed by atoms with E-state index in [2.05, 4.69) is 4.99 Å². The maximum atomic E-state index is 12.0. The first kappa shape index (κ1) is 15.8. The van der Waals surface area contributed by atoms with Gasteiger partial charge in [-0.2, -0.15) is 0 Å². The normalized spacial score (nSPS) is 15.2. The summed E-state index contributed by atoms with van der Waals surface area (Å²) >= 11 is 0. The third-order valence-electron chi connectivity index (χ3n) is 3.45. The molecule has 0 bridgehead atoms. The monoisotopic (exact) mass is 323 g/mol. The number of hydrogen-bond acceptors (Lipinski definition) is 5. The fraction of sp³-hybridized carbons (Fsp3) is 0.158. The van der Waals surface area contributed by atoms with Gasteiger partial charge in [0.15, 0.2) is 5.70 Å². The van der Waals surface area contributed by atoms with Crippen molar-refractivity contribution in [1.82, 2.24) is 0 Å². The van der Waals surface area contributed by atoms with Gasteiger partial charge >= 0.3 is 5.97 Å². The largest absolute Gasteiger partial charge is 0.497 e. The molecule has 0 amide bonds. The van der Waals surface area contributed by atoms with Crippen LogP contribution in [0.4, 0.5) is 0 Å². The van der Waals surface area contributed by atoms with Crippen LogP contribution in [0.25, 0.3) is 6.08 Å². The topological polar surface area (TPSA) is 57.1 Å². The van der Waals surface area contributed by atoms with Crippen molar-refractivity contribution in [3.05, 3.63) is 65.4 Å². The lowest BCUT2D eigenvalue weighted by Crippen LogP contribution is -2.05. The summed E-state index contributed by atoms with van der Waals surface area (Å²) in [5.74, 6) is 1.35. The van der Waals surface area contributed by atoms with Crippen LogP contribution in [0, 0.1) is 0 Å². The molecule has 2 aromatic carbocycles. The minimum absolute atomic E-state index is 0.268. The van der Waals surface area contributed by atoms with Crippen molar-refractivity contribution < 1.29 is 19.0 Å².